The number of nitrogens with one attached hydrogen (secondary N) is 12. The van der Waals surface area contributed by atoms with E-state index in [1.54, 1.807) is 120 Å². The first-order chi connectivity index (χ1) is 64.1. The third kappa shape index (κ3) is 21.3. The summed E-state index contributed by atoms with van der Waals surface area (Å²) in [6.45, 7) is 12.0. The van der Waals surface area contributed by atoms with Gasteiger partial charge >= 0.3 is 0 Å². The van der Waals surface area contributed by atoms with Gasteiger partial charge in [-0.05, 0) is 221 Å². The van der Waals surface area contributed by atoms with Gasteiger partial charge in [0.1, 0.15) is 35.0 Å². The Morgan fingerprint density at radius 2 is 0.659 bits per heavy atom. The molecule has 8 aromatic heterocycles. The van der Waals surface area contributed by atoms with Crippen molar-refractivity contribution in [2.24, 2.45) is 0 Å². The Bertz CT molecular complexity index is 6690. The van der Waals surface area contributed by atoms with E-state index in [4.69, 9.17) is 18.9 Å². The van der Waals surface area contributed by atoms with Crippen molar-refractivity contribution in [3.05, 3.63) is 242 Å². The summed E-state index contributed by atoms with van der Waals surface area (Å²) in [6, 6.07) is 46.8. The van der Waals surface area contributed by atoms with Gasteiger partial charge in [0.15, 0.2) is 22.8 Å². The van der Waals surface area contributed by atoms with E-state index in [2.05, 4.69) is 110 Å². The number of carbonyl (C=O) groups excluding carboxylic acids is 4. The maximum Gasteiger partial charge on any atom is 0.276 e. The van der Waals surface area contributed by atoms with E-state index >= 15 is 0 Å². The van der Waals surface area contributed by atoms with Gasteiger partial charge in [-0.25, -0.2) is 26.3 Å². The van der Waals surface area contributed by atoms with E-state index in [-0.39, 0.29) is 41.2 Å². The van der Waals surface area contributed by atoms with Gasteiger partial charge in [0.05, 0.1) is 71.0 Å². The second-order valence-electron chi connectivity index (χ2n) is 32.2. The molecular formula is C94H94F6N24O8. The van der Waals surface area contributed by atoms with Crippen molar-refractivity contribution in [2.75, 3.05) is 73.6 Å². The topological polar surface area (TPSA) is 387 Å². The molecule has 0 aliphatic carbocycles. The minimum atomic E-state index is -1.43. The molecule has 0 saturated carbocycles. The highest BCUT2D eigenvalue weighted by molar-refractivity contribution is 6.14. The summed E-state index contributed by atoms with van der Waals surface area (Å²) in [7, 11) is 0. The van der Waals surface area contributed by atoms with Gasteiger partial charge in [0.2, 0.25) is 25.4 Å². The van der Waals surface area contributed by atoms with E-state index in [0.717, 1.165) is 127 Å². The number of hydrogen-bond donors (Lipinski definition) is 12. The molecule has 4 fully saturated rings. The quantitative estimate of drug-likeness (QED) is 0.0250. The predicted molar refractivity (Wildman–Crippen MR) is 487 cm³/mol. The highest BCUT2D eigenvalue weighted by atomic mass is 19.2. The summed E-state index contributed by atoms with van der Waals surface area (Å²) in [5, 5.41) is 72.8. The van der Waals surface area contributed by atoms with E-state index in [9.17, 15) is 45.5 Å². The molecule has 6 unspecified atom stereocenters. The molecular weight excluding hydrogens is 1710 g/mol. The first kappa shape index (κ1) is 89.0. The van der Waals surface area contributed by atoms with E-state index < -0.39 is 43.3 Å². The number of hydrogen-bond acceptors (Lipinski definition) is 20. The minimum absolute atomic E-state index is 0.139. The predicted octanol–water partition coefficient (Wildman–Crippen LogP) is 16.5. The van der Waals surface area contributed by atoms with Crippen molar-refractivity contribution >= 4 is 90.0 Å². The van der Waals surface area contributed by atoms with Gasteiger partial charge in [-0.1, -0.05) is 18.2 Å². The number of fused-ring (bicyclic) bond motifs is 4. The van der Waals surface area contributed by atoms with Crippen LogP contribution in [0.3, 0.4) is 0 Å². The zero-order valence-corrected chi connectivity index (χ0v) is 72.0. The fourth-order valence-electron chi connectivity index (χ4n) is 15.9. The van der Waals surface area contributed by atoms with Crippen LogP contribution in [0.1, 0.15) is 126 Å². The van der Waals surface area contributed by atoms with Crippen molar-refractivity contribution in [3.63, 3.8) is 0 Å². The second-order valence-corrected chi connectivity index (χ2v) is 32.2. The number of piperidine rings is 3. The number of amides is 4. The SMILES string of the molecule is CC(F)Oc1ccc(NC(=O)c2n[nH]c3cc(F)c(-c4cnn(C5CCNCC5)c4)cc23)cc1.CC(F)Oc1ccc(NC(=O)c2n[nH]c3ccc(-c4cnn(C5CCNCC5)c4)cc23)cc1.CC(F)Oc1ccc(NC(=O)c2n[nH]c3ccc(-c4cnn(C5CCNCC5F)c4)cc23)cc1.CC(F)Oc1ccc(NC(=O)c2n[nH]c3ccc(-c4cnn(C5CNC5)c4)cc23)cc1. The van der Waals surface area contributed by atoms with Crippen LogP contribution in [-0.2, 0) is 0 Å². The lowest BCUT2D eigenvalue weighted by Gasteiger charge is -2.27. The van der Waals surface area contributed by atoms with Crippen molar-refractivity contribution in [2.45, 2.75) is 116 Å². The second kappa shape index (κ2) is 40.3. The number of nitrogens with zero attached hydrogens (tertiary/aromatic N) is 12. The molecule has 0 spiro atoms. The molecule has 0 radical (unpaired) electrons. The summed E-state index contributed by atoms with van der Waals surface area (Å²) in [4.78, 5) is 51.5. The van der Waals surface area contributed by atoms with Crippen molar-refractivity contribution < 1.29 is 64.5 Å². The van der Waals surface area contributed by atoms with E-state index in [1.165, 1.54) is 33.8 Å². The number of rotatable bonds is 24. The third-order valence-electron chi connectivity index (χ3n) is 22.8. The van der Waals surface area contributed by atoms with Crippen LogP contribution in [-0.4, -0.2) is 188 Å². The smallest absolute Gasteiger partial charge is 0.276 e. The summed E-state index contributed by atoms with van der Waals surface area (Å²) < 4.78 is 109. The largest absolute Gasteiger partial charge is 0.461 e. The van der Waals surface area contributed by atoms with Gasteiger partial charge in [0.25, 0.3) is 23.6 Å². The van der Waals surface area contributed by atoms with Crippen LogP contribution in [0.2, 0.25) is 0 Å². The molecule has 4 amide bonds. The normalized spacial score (nSPS) is 16.3. The van der Waals surface area contributed by atoms with Crippen LogP contribution in [0.15, 0.2) is 213 Å². The maximum atomic E-state index is 14.9. The zero-order valence-electron chi connectivity index (χ0n) is 72.0. The number of carbonyl (C=O) groups is 4. The van der Waals surface area contributed by atoms with Gasteiger partial charge < -0.3 is 61.5 Å². The lowest BCUT2D eigenvalue weighted by Crippen LogP contribution is -2.43. The molecule has 680 valence electrons. The molecule has 20 rings (SSSR count). The molecule has 32 nitrogen and oxygen atoms in total. The molecule has 4 saturated heterocycles. The van der Waals surface area contributed by atoms with Crippen LogP contribution in [0.5, 0.6) is 23.0 Å². The van der Waals surface area contributed by atoms with Crippen LogP contribution >= 0.6 is 0 Å². The summed E-state index contributed by atoms with van der Waals surface area (Å²) in [5.41, 5.74) is 12.4. The maximum absolute atomic E-state index is 14.9. The highest BCUT2D eigenvalue weighted by Gasteiger charge is 2.30. The molecule has 4 aliphatic rings. The molecule has 6 atom stereocenters. The average Bonchev–Trinajstić information content (AvgIpc) is 1.65. The molecule has 4 aliphatic heterocycles. The third-order valence-corrected chi connectivity index (χ3v) is 22.8. The number of halogens is 6. The van der Waals surface area contributed by atoms with Gasteiger partial charge in [-0.15, -0.1) is 0 Å². The van der Waals surface area contributed by atoms with E-state index in [0.29, 0.717) is 115 Å². The average molecular weight is 1800 g/mol. The number of benzene rings is 8. The standard InChI is InChI=1S/2C24H24F2N6O2.C24H25FN6O2.C22H21FN6O2/c1-14(25)34-18-5-3-17(4-6-18)29-24(33)23-19-10-15(2-7-21(19)30-31-23)16-11-28-32(13-16)22-8-9-27-12-20(22)26;1-14(25)34-18-4-2-16(3-5-18)29-24(33)23-20-10-19(21(26)11-22(20)30-31-23)15-12-28-32(13-15)17-6-8-27-9-7-17;1-15(25)33-20-5-3-18(4-6-20)28-24(32)23-21-12-16(2-7-22(21)29-30-23)17-13-27-31(14-17)19-8-10-26-11-9-19;1-13(23)31-18-5-3-16(4-6-18)26-22(30)21-19-8-14(2-7-20(19)27-28-21)15-9-25-29(12-15)17-10-24-11-17/h2-7,10-11,13-14,20,22,27H,8-9,12H2,1H3,(H,29,33)(H,30,31);2-5,10-14,17,27H,6-9H2,1H3,(H,29,33)(H,30,31);2-7,12-15,19,26H,8-11H2,1H3,(H,28,32)(H,29,30);2-9,12-13,17,24H,10-11H2,1H3,(H,26,30)(H,27,28). The Morgan fingerprint density at radius 3 is 1.00 bits per heavy atom. The molecule has 132 heavy (non-hydrogen) atoms. The number of anilines is 4. The van der Waals surface area contributed by atoms with Gasteiger partial charge in [0, 0.05) is 150 Å². The van der Waals surface area contributed by atoms with Crippen molar-refractivity contribution in [1.29, 1.82) is 0 Å². The molecule has 12 N–H and O–H groups in total. The van der Waals surface area contributed by atoms with Crippen molar-refractivity contribution in [3.8, 4) is 67.5 Å². The number of aromatic nitrogens is 16. The summed E-state index contributed by atoms with van der Waals surface area (Å²) in [6.07, 6.45) is 12.9. The first-order valence-corrected chi connectivity index (χ1v) is 43.2. The molecule has 0 bridgehead atoms. The Labute approximate surface area is 750 Å². The summed E-state index contributed by atoms with van der Waals surface area (Å²) >= 11 is 0. The summed E-state index contributed by atoms with van der Waals surface area (Å²) in [5.74, 6) is -0.447. The Balaban J connectivity index is 0.000000123. The fourth-order valence-corrected chi connectivity index (χ4v) is 15.9. The number of aromatic amines is 4. The Morgan fingerprint density at radius 1 is 0.348 bits per heavy atom. The highest BCUT2D eigenvalue weighted by Crippen LogP contribution is 2.36. The molecule has 16 aromatic rings. The Hall–Kier alpha value is -15.0. The monoisotopic (exact) mass is 1800 g/mol. The van der Waals surface area contributed by atoms with E-state index in [1.807, 2.05) is 99.6 Å². The zero-order chi connectivity index (χ0) is 91.5. The number of H-pyrrole nitrogens is 4. The fraction of sp³-hybridized carbons (Fsp3) is 0.277. The number of alkyl halides is 5. The molecule has 8 aromatic carbocycles. The molecule has 38 heteroatoms. The first-order valence-electron chi connectivity index (χ1n) is 43.2. The Kier molecular flexibility index (Phi) is 27.2. The van der Waals surface area contributed by atoms with Crippen LogP contribution in [0.25, 0.3) is 88.1 Å². The van der Waals surface area contributed by atoms with Crippen LogP contribution < -0.4 is 61.5 Å². The lowest BCUT2D eigenvalue weighted by atomic mass is 10.0. The van der Waals surface area contributed by atoms with Gasteiger partial charge in [-0.3, -0.25) is 58.3 Å². The number of ether oxygens (including phenoxy) is 4. The van der Waals surface area contributed by atoms with Gasteiger partial charge in [-0.2, -0.15) is 40.8 Å². The van der Waals surface area contributed by atoms with Crippen molar-refractivity contribution in [1.82, 2.24) is 101 Å². The lowest BCUT2D eigenvalue weighted by molar-refractivity contribution is 0.0855. The van der Waals surface area contributed by atoms with Crippen LogP contribution in [0.4, 0.5) is 49.1 Å². The minimum Gasteiger partial charge on any atom is -0.461 e. The molecule has 12 heterocycles. The van der Waals surface area contributed by atoms with Crippen LogP contribution in [0, 0.1) is 5.82 Å².